The van der Waals surface area contributed by atoms with Crippen LogP contribution in [-0.4, -0.2) is 26.9 Å². The highest BCUT2D eigenvalue weighted by Crippen LogP contribution is 2.32. The lowest BCUT2D eigenvalue weighted by molar-refractivity contribution is 0.415. The molecule has 0 amide bonds. The fourth-order valence-corrected chi connectivity index (χ4v) is 4.89. The summed E-state index contributed by atoms with van der Waals surface area (Å²) in [4.78, 5) is 4.79. The van der Waals surface area contributed by atoms with E-state index >= 15 is 0 Å². The van der Waals surface area contributed by atoms with E-state index in [0.29, 0.717) is 17.3 Å². The lowest BCUT2D eigenvalue weighted by Crippen LogP contribution is -1.99. The minimum absolute atomic E-state index is 0.677. The number of nitrogens with zero attached hydrogens (tertiary/aromatic N) is 4. The van der Waals surface area contributed by atoms with Gasteiger partial charge in [-0.05, 0) is 48.5 Å². The number of furan rings is 1. The van der Waals surface area contributed by atoms with Crippen LogP contribution in [0.1, 0.15) is 5.69 Å². The Balaban J connectivity index is 1.39. The van der Waals surface area contributed by atoms with Gasteiger partial charge in [-0.2, -0.15) is 0 Å². The molecule has 5 rings (SSSR count). The molecule has 3 heterocycles. The summed E-state index contributed by atoms with van der Waals surface area (Å²) in [5.74, 6) is 2.88. The third-order valence-corrected chi connectivity index (χ3v) is 6.53. The minimum Gasteiger partial charge on any atom is -0.497 e. The highest BCUT2D eigenvalue weighted by Gasteiger charge is 2.18. The number of hydrogen-bond donors (Lipinski definition) is 0. The smallest absolute Gasteiger partial charge is 0.205 e. The Hall–Kier alpha value is -3.36. The van der Waals surface area contributed by atoms with Gasteiger partial charge in [-0.1, -0.05) is 30.0 Å². The second kappa shape index (κ2) is 8.79. The molecule has 0 aliphatic carbocycles. The molecule has 5 aromatic rings. The van der Waals surface area contributed by atoms with Gasteiger partial charge >= 0.3 is 0 Å². The number of benzene rings is 2. The highest BCUT2D eigenvalue weighted by molar-refractivity contribution is 7.98. The van der Waals surface area contributed by atoms with Crippen LogP contribution in [0.4, 0.5) is 0 Å². The Bertz CT molecular complexity index is 1260. The van der Waals surface area contributed by atoms with E-state index in [1.807, 2.05) is 71.3 Å². The number of aromatic nitrogens is 4. The molecule has 0 bridgehead atoms. The predicted molar refractivity (Wildman–Crippen MR) is 123 cm³/mol. The van der Waals surface area contributed by atoms with Crippen molar-refractivity contribution in [1.82, 2.24) is 19.7 Å². The number of thioether (sulfide) groups is 1. The molecule has 0 saturated carbocycles. The minimum atomic E-state index is 0.677. The largest absolute Gasteiger partial charge is 0.497 e. The van der Waals surface area contributed by atoms with Crippen LogP contribution in [0, 0.1) is 0 Å². The van der Waals surface area contributed by atoms with E-state index < -0.39 is 0 Å². The Kier molecular flexibility index (Phi) is 5.56. The second-order valence-electron chi connectivity index (χ2n) is 6.62. The molecule has 0 spiro atoms. The van der Waals surface area contributed by atoms with Crippen molar-refractivity contribution in [2.24, 2.45) is 0 Å². The number of rotatable bonds is 7. The van der Waals surface area contributed by atoms with Gasteiger partial charge in [0.05, 0.1) is 19.1 Å². The van der Waals surface area contributed by atoms with Crippen LogP contribution in [0.15, 0.2) is 87.9 Å². The number of thiazole rings is 1. The zero-order valence-electron chi connectivity index (χ0n) is 16.6. The Morgan fingerprint density at radius 1 is 1.00 bits per heavy atom. The first kappa shape index (κ1) is 19.6. The molecule has 0 N–H and O–H groups in total. The zero-order valence-corrected chi connectivity index (χ0v) is 18.3. The van der Waals surface area contributed by atoms with Crippen molar-refractivity contribution in [2.45, 2.75) is 10.9 Å². The Morgan fingerprint density at radius 2 is 1.84 bits per heavy atom. The molecule has 2 aromatic carbocycles. The van der Waals surface area contributed by atoms with Crippen LogP contribution in [0.2, 0.25) is 0 Å². The van der Waals surface area contributed by atoms with Gasteiger partial charge in [0.25, 0.3) is 0 Å². The lowest BCUT2D eigenvalue weighted by atomic mass is 10.2. The molecule has 0 fully saturated rings. The molecule has 3 aromatic heterocycles. The van der Waals surface area contributed by atoms with Crippen molar-refractivity contribution in [1.29, 1.82) is 0 Å². The standard InChI is InChI=1S/C23H18N4O2S2/c1-28-19-11-9-16(10-12-19)22-24-17(14-30-22)15-31-23-26-25-21(20-8-5-13-29-20)27(23)18-6-3-2-4-7-18/h2-14H,15H2,1H3. The average Bonchev–Trinajstić information content (AvgIpc) is 3.59. The van der Waals surface area contributed by atoms with E-state index in [1.54, 1.807) is 36.5 Å². The van der Waals surface area contributed by atoms with Crippen molar-refractivity contribution in [2.75, 3.05) is 7.11 Å². The van der Waals surface area contributed by atoms with Gasteiger partial charge in [-0.3, -0.25) is 4.57 Å². The first-order valence-electron chi connectivity index (χ1n) is 9.58. The van der Waals surface area contributed by atoms with Gasteiger partial charge < -0.3 is 9.15 Å². The number of ether oxygens (including phenoxy) is 1. The van der Waals surface area contributed by atoms with Crippen molar-refractivity contribution >= 4 is 23.1 Å². The summed E-state index contributed by atoms with van der Waals surface area (Å²) in [6, 6.07) is 21.7. The predicted octanol–water partition coefficient (Wildman–Crippen LogP) is 5.95. The highest BCUT2D eigenvalue weighted by atomic mass is 32.2. The lowest BCUT2D eigenvalue weighted by Gasteiger charge is -2.08. The second-order valence-corrected chi connectivity index (χ2v) is 8.42. The summed E-state index contributed by atoms with van der Waals surface area (Å²) in [7, 11) is 1.67. The van der Waals surface area contributed by atoms with Crippen molar-refractivity contribution < 1.29 is 9.15 Å². The molecule has 0 aliphatic heterocycles. The topological polar surface area (TPSA) is 66.0 Å². The maximum absolute atomic E-state index is 5.57. The van der Waals surface area contributed by atoms with Crippen LogP contribution in [0.5, 0.6) is 5.75 Å². The van der Waals surface area contributed by atoms with E-state index in [2.05, 4.69) is 15.6 Å². The van der Waals surface area contributed by atoms with E-state index in [1.165, 1.54) is 0 Å². The van der Waals surface area contributed by atoms with Gasteiger partial charge in [0.15, 0.2) is 10.9 Å². The van der Waals surface area contributed by atoms with E-state index in [0.717, 1.165) is 32.9 Å². The number of para-hydroxylation sites is 1. The molecular formula is C23H18N4O2S2. The summed E-state index contributed by atoms with van der Waals surface area (Å²) in [5.41, 5.74) is 3.07. The van der Waals surface area contributed by atoms with Gasteiger partial charge in [-0.15, -0.1) is 21.5 Å². The maximum atomic E-state index is 5.57. The SMILES string of the molecule is COc1ccc(-c2nc(CSc3nnc(-c4ccco4)n3-c3ccccc3)cs2)cc1. The molecule has 0 unspecified atom stereocenters. The van der Waals surface area contributed by atoms with E-state index in [-0.39, 0.29) is 0 Å². The molecule has 31 heavy (non-hydrogen) atoms. The molecule has 0 radical (unpaired) electrons. The Labute approximate surface area is 187 Å². The summed E-state index contributed by atoms with van der Waals surface area (Å²) >= 11 is 3.23. The third kappa shape index (κ3) is 4.12. The van der Waals surface area contributed by atoms with Gasteiger partial charge in [0, 0.05) is 22.4 Å². The zero-order chi connectivity index (χ0) is 21.0. The quantitative estimate of drug-likeness (QED) is 0.288. The molecule has 8 heteroatoms. The fraction of sp³-hybridized carbons (Fsp3) is 0.0870. The fourth-order valence-electron chi connectivity index (χ4n) is 3.12. The summed E-state index contributed by atoms with van der Waals surface area (Å²) in [6.07, 6.45) is 1.64. The van der Waals surface area contributed by atoms with Crippen LogP contribution in [0.3, 0.4) is 0 Å². The first-order chi connectivity index (χ1) is 15.3. The van der Waals surface area contributed by atoms with E-state index in [9.17, 15) is 0 Å². The molecule has 0 aliphatic rings. The number of hydrogen-bond acceptors (Lipinski definition) is 7. The van der Waals surface area contributed by atoms with Gasteiger partial charge in [0.2, 0.25) is 5.82 Å². The van der Waals surface area contributed by atoms with Crippen molar-refractivity contribution in [3.05, 3.63) is 84.1 Å². The van der Waals surface area contributed by atoms with Crippen LogP contribution in [-0.2, 0) is 5.75 Å². The molecule has 154 valence electrons. The van der Waals surface area contributed by atoms with E-state index in [4.69, 9.17) is 14.1 Å². The monoisotopic (exact) mass is 446 g/mol. The van der Waals surface area contributed by atoms with Crippen LogP contribution in [0.25, 0.3) is 27.8 Å². The molecule has 6 nitrogen and oxygen atoms in total. The van der Waals surface area contributed by atoms with Crippen LogP contribution < -0.4 is 4.74 Å². The maximum Gasteiger partial charge on any atom is 0.205 e. The molecule has 0 atom stereocenters. The molecular weight excluding hydrogens is 428 g/mol. The third-order valence-electron chi connectivity index (χ3n) is 4.63. The van der Waals surface area contributed by atoms with Crippen molar-refractivity contribution in [3.63, 3.8) is 0 Å². The number of methoxy groups -OCH3 is 1. The van der Waals surface area contributed by atoms with Gasteiger partial charge in [0.1, 0.15) is 10.8 Å². The normalized spacial score (nSPS) is 11.0. The summed E-state index contributed by atoms with van der Waals surface area (Å²) in [5, 5.41) is 12.7. The first-order valence-corrected chi connectivity index (χ1v) is 11.4. The van der Waals surface area contributed by atoms with Crippen LogP contribution >= 0.6 is 23.1 Å². The summed E-state index contributed by atoms with van der Waals surface area (Å²) < 4.78 is 12.8. The summed E-state index contributed by atoms with van der Waals surface area (Å²) in [6.45, 7) is 0. The van der Waals surface area contributed by atoms with Gasteiger partial charge in [-0.25, -0.2) is 4.98 Å². The average molecular weight is 447 g/mol. The molecule has 0 saturated heterocycles. The van der Waals surface area contributed by atoms with Crippen molar-refractivity contribution in [3.8, 4) is 33.6 Å². The Morgan fingerprint density at radius 3 is 2.58 bits per heavy atom.